The molecule has 4 N–H and O–H groups in total. The van der Waals surface area contributed by atoms with Gasteiger partial charge in [-0.05, 0) is 34.4 Å². The minimum Gasteiger partial charge on any atom is -0.388 e. The molecule has 1 fully saturated rings. The maximum atomic E-state index is 13.4. The van der Waals surface area contributed by atoms with Crippen molar-refractivity contribution in [1.29, 1.82) is 0 Å². The fourth-order valence-corrected chi connectivity index (χ4v) is 5.48. The minimum absolute atomic E-state index is 0.0193. The van der Waals surface area contributed by atoms with Gasteiger partial charge in [-0.3, -0.25) is 0 Å². The first kappa shape index (κ1) is 26.2. The van der Waals surface area contributed by atoms with E-state index in [1.54, 1.807) is 0 Å². The van der Waals surface area contributed by atoms with Gasteiger partial charge in [0.25, 0.3) is 0 Å². The van der Waals surface area contributed by atoms with Crippen molar-refractivity contribution >= 4 is 10.0 Å². The number of methoxy groups -OCH3 is 1. The first-order chi connectivity index (χ1) is 14.3. The Morgan fingerprint density at radius 1 is 0.935 bits per heavy atom. The molecule has 0 spiro atoms. The molecule has 8 nitrogen and oxygen atoms in total. The van der Waals surface area contributed by atoms with Gasteiger partial charge in [-0.25, -0.2) is 13.1 Å². The number of rotatable bonds is 8. The van der Waals surface area contributed by atoms with Crippen LogP contribution < -0.4 is 4.72 Å². The molecule has 0 saturated carbocycles. The first-order valence-electron chi connectivity index (χ1n) is 10.7. The van der Waals surface area contributed by atoms with Gasteiger partial charge in [0.2, 0.25) is 10.0 Å². The Morgan fingerprint density at radius 2 is 1.45 bits per heavy atom. The molecule has 1 heterocycles. The molecule has 1 aliphatic heterocycles. The second-order valence-electron chi connectivity index (χ2n) is 9.09. The molecule has 0 aromatic heterocycles. The van der Waals surface area contributed by atoms with E-state index < -0.39 is 40.7 Å². The fourth-order valence-electron chi connectivity index (χ4n) is 3.74. The molecule has 5 atom stereocenters. The van der Waals surface area contributed by atoms with Crippen molar-refractivity contribution in [2.75, 3.05) is 13.7 Å². The normalized spacial score (nSPS) is 27.5. The number of aliphatic hydroxyl groups excluding tert-OH is 3. The van der Waals surface area contributed by atoms with Crippen LogP contribution in [0.25, 0.3) is 0 Å². The number of ether oxygens (including phenoxy) is 2. The van der Waals surface area contributed by atoms with Crippen LogP contribution in [0.4, 0.5) is 0 Å². The van der Waals surface area contributed by atoms with Crippen LogP contribution in [0.15, 0.2) is 17.0 Å². The Labute approximate surface area is 185 Å². The third kappa shape index (κ3) is 5.65. The summed E-state index contributed by atoms with van der Waals surface area (Å²) in [4.78, 5) is 0.246. The average molecular weight is 460 g/mol. The fraction of sp³-hybridized carbons (Fsp3) is 0.727. The predicted octanol–water partition coefficient (Wildman–Crippen LogP) is 1.79. The standard InChI is InChI=1S/C22H37NO7S/c1-11(2)14-8-15(12(3)4)21(16(9-14)13(5)6)31(27,28)23-10-17-18(24)19(25)20(26)22(29-7)30-17/h8-9,11-13,17-20,22-26H,10H2,1-7H3/t17-,18-,19+,20+,22+/m1/s1. The van der Waals surface area contributed by atoms with E-state index in [2.05, 4.69) is 18.6 Å². The number of nitrogens with one attached hydrogen (secondary N) is 1. The Balaban J connectivity index is 2.41. The van der Waals surface area contributed by atoms with Crippen molar-refractivity contribution in [3.8, 4) is 0 Å². The maximum absolute atomic E-state index is 13.4. The Morgan fingerprint density at radius 3 is 1.87 bits per heavy atom. The van der Waals surface area contributed by atoms with Crippen LogP contribution in [0, 0.1) is 0 Å². The van der Waals surface area contributed by atoms with Gasteiger partial charge in [0, 0.05) is 13.7 Å². The van der Waals surface area contributed by atoms with E-state index in [0.29, 0.717) is 0 Å². The molecular formula is C22H37NO7S. The van der Waals surface area contributed by atoms with Gasteiger partial charge in [-0.2, -0.15) is 0 Å². The van der Waals surface area contributed by atoms with Crippen LogP contribution in [0.2, 0.25) is 0 Å². The van der Waals surface area contributed by atoms with Crippen LogP contribution in [0.5, 0.6) is 0 Å². The lowest BCUT2D eigenvalue weighted by molar-refractivity contribution is -0.287. The second kappa shape index (κ2) is 10.2. The summed E-state index contributed by atoms with van der Waals surface area (Å²) in [5, 5.41) is 30.2. The molecular weight excluding hydrogens is 422 g/mol. The molecule has 1 saturated heterocycles. The summed E-state index contributed by atoms with van der Waals surface area (Å²) < 4.78 is 39.8. The smallest absolute Gasteiger partial charge is 0.241 e. The van der Waals surface area contributed by atoms with Gasteiger partial charge in [0.15, 0.2) is 6.29 Å². The summed E-state index contributed by atoms with van der Waals surface area (Å²) in [7, 11) is -2.67. The van der Waals surface area contributed by atoms with Gasteiger partial charge in [0.05, 0.1) is 4.90 Å². The molecule has 0 radical (unpaired) electrons. The van der Waals surface area contributed by atoms with Crippen molar-refractivity contribution in [1.82, 2.24) is 4.72 Å². The summed E-state index contributed by atoms with van der Waals surface area (Å²) in [6.07, 6.45) is -6.68. The van der Waals surface area contributed by atoms with Gasteiger partial charge < -0.3 is 24.8 Å². The summed E-state index contributed by atoms with van der Waals surface area (Å²) in [6, 6.07) is 3.89. The van der Waals surface area contributed by atoms with E-state index in [1.807, 2.05) is 39.8 Å². The van der Waals surface area contributed by atoms with E-state index >= 15 is 0 Å². The van der Waals surface area contributed by atoms with E-state index in [1.165, 1.54) is 7.11 Å². The highest BCUT2D eigenvalue weighted by Crippen LogP contribution is 2.35. The molecule has 1 aromatic carbocycles. The quantitative estimate of drug-likeness (QED) is 0.467. The molecule has 0 bridgehead atoms. The Kier molecular flexibility index (Phi) is 8.66. The van der Waals surface area contributed by atoms with Gasteiger partial charge in [-0.1, -0.05) is 53.7 Å². The molecule has 0 amide bonds. The van der Waals surface area contributed by atoms with E-state index in [0.717, 1.165) is 16.7 Å². The molecule has 0 unspecified atom stereocenters. The van der Waals surface area contributed by atoms with Crippen LogP contribution in [0.1, 0.15) is 76.0 Å². The largest absolute Gasteiger partial charge is 0.388 e. The topological polar surface area (TPSA) is 125 Å². The highest BCUT2D eigenvalue weighted by Gasteiger charge is 2.44. The SMILES string of the molecule is CO[C@H]1O[C@H](CNS(=O)(=O)c2c(C(C)C)cc(C(C)C)cc2C(C)C)[C@@H](O)[C@H](O)[C@@H]1O. The summed E-state index contributed by atoms with van der Waals surface area (Å²) in [5.41, 5.74) is 2.55. The zero-order valence-corrected chi connectivity index (χ0v) is 20.2. The number of benzene rings is 1. The monoisotopic (exact) mass is 459 g/mol. The molecule has 9 heteroatoms. The highest BCUT2D eigenvalue weighted by molar-refractivity contribution is 7.89. The third-order valence-corrected chi connectivity index (χ3v) is 7.28. The molecule has 178 valence electrons. The lowest BCUT2D eigenvalue weighted by atomic mass is 9.89. The predicted molar refractivity (Wildman–Crippen MR) is 118 cm³/mol. The second-order valence-corrected chi connectivity index (χ2v) is 10.8. The Bertz CT molecular complexity index is 822. The first-order valence-corrected chi connectivity index (χ1v) is 12.2. The van der Waals surface area contributed by atoms with E-state index in [9.17, 15) is 23.7 Å². The van der Waals surface area contributed by atoms with Gasteiger partial charge >= 0.3 is 0 Å². The zero-order chi connectivity index (χ0) is 23.7. The lowest BCUT2D eigenvalue weighted by Gasteiger charge is -2.39. The van der Waals surface area contributed by atoms with E-state index in [4.69, 9.17) is 9.47 Å². The Hall–Kier alpha value is -1.07. The van der Waals surface area contributed by atoms with Crippen molar-refractivity contribution in [2.45, 2.75) is 94.9 Å². The van der Waals surface area contributed by atoms with Gasteiger partial charge in [0.1, 0.15) is 24.4 Å². The lowest BCUT2D eigenvalue weighted by Crippen LogP contribution is -2.60. The summed E-state index contributed by atoms with van der Waals surface area (Å²) in [5.74, 6) is 0.215. The minimum atomic E-state index is -3.96. The molecule has 2 rings (SSSR count). The van der Waals surface area contributed by atoms with Gasteiger partial charge in [-0.15, -0.1) is 0 Å². The summed E-state index contributed by atoms with van der Waals surface area (Å²) in [6.45, 7) is 11.7. The summed E-state index contributed by atoms with van der Waals surface area (Å²) >= 11 is 0. The van der Waals surface area contributed by atoms with Crippen molar-refractivity contribution in [2.24, 2.45) is 0 Å². The molecule has 31 heavy (non-hydrogen) atoms. The van der Waals surface area contributed by atoms with Crippen LogP contribution in [-0.2, 0) is 19.5 Å². The van der Waals surface area contributed by atoms with Crippen LogP contribution in [-0.4, -0.2) is 68.1 Å². The number of sulfonamides is 1. The number of hydrogen-bond donors (Lipinski definition) is 4. The van der Waals surface area contributed by atoms with Crippen LogP contribution in [0.3, 0.4) is 0 Å². The highest BCUT2D eigenvalue weighted by atomic mass is 32.2. The number of hydrogen-bond acceptors (Lipinski definition) is 7. The van der Waals surface area contributed by atoms with Crippen LogP contribution >= 0.6 is 0 Å². The molecule has 0 aliphatic carbocycles. The zero-order valence-electron chi connectivity index (χ0n) is 19.4. The third-order valence-electron chi connectivity index (χ3n) is 5.72. The van der Waals surface area contributed by atoms with Crippen molar-refractivity contribution in [3.05, 3.63) is 28.8 Å². The van der Waals surface area contributed by atoms with Crippen molar-refractivity contribution in [3.63, 3.8) is 0 Å². The van der Waals surface area contributed by atoms with E-state index in [-0.39, 0.29) is 29.2 Å². The number of aliphatic hydroxyl groups is 3. The van der Waals surface area contributed by atoms with Crippen molar-refractivity contribution < 1.29 is 33.2 Å². The molecule has 1 aliphatic rings. The molecule has 1 aromatic rings. The maximum Gasteiger partial charge on any atom is 0.241 e. The average Bonchev–Trinajstić information content (AvgIpc) is 2.70.